The second-order valence-corrected chi connectivity index (χ2v) is 5.19. The Bertz CT molecular complexity index is 447. The fourth-order valence-corrected chi connectivity index (χ4v) is 2.46. The Morgan fingerprint density at radius 1 is 1.10 bits per heavy atom. The van der Waals surface area contributed by atoms with Crippen molar-refractivity contribution in [3.63, 3.8) is 0 Å². The van der Waals surface area contributed by atoms with Crippen LogP contribution in [-0.4, -0.2) is 21.3 Å². The Morgan fingerprint density at radius 2 is 1.70 bits per heavy atom. The molecule has 1 fully saturated rings. The first-order valence-electron chi connectivity index (χ1n) is 6.99. The standard InChI is InChI=1S/C15H24N2O3/c1-18-13-9-15(20-3)14(19-2)8-11(13)12(17-16)7-6-10-4-5-10/h8-10,12,17H,4-7,16H2,1-3H3. The molecule has 20 heavy (non-hydrogen) atoms. The Labute approximate surface area is 120 Å². The molecule has 1 aliphatic carbocycles. The van der Waals surface area contributed by atoms with E-state index in [9.17, 15) is 0 Å². The molecule has 0 radical (unpaired) electrons. The van der Waals surface area contributed by atoms with Gasteiger partial charge in [-0.15, -0.1) is 0 Å². The van der Waals surface area contributed by atoms with Crippen LogP contribution in [0.15, 0.2) is 12.1 Å². The number of nitrogens with one attached hydrogen (secondary N) is 1. The third kappa shape index (κ3) is 3.35. The average Bonchev–Trinajstić information content (AvgIpc) is 3.31. The number of rotatable bonds is 8. The van der Waals surface area contributed by atoms with E-state index in [1.54, 1.807) is 21.3 Å². The topological polar surface area (TPSA) is 65.7 Å². The van der Waals surface area contributed by atoms with Crippen molar-refractivity contribution in [3.8, 4) is 17.2 Å². The van der Waals surface area contributed by atoms with Crippen LogP contribution in [0.25, 0.3) is 0 Å². The van der Waals surface area contributed by atoms with Crippen molar-refractivity contribution in [3.05, 3.63) is 17.7 Å². The molecule has 5 nitrogen and oxygen atoms in total. The van der Waals surface area contributed by atoms with Crippen LogP contribution in [0.1, 0.15) is 37.3 Å². The van der Waals surface area contributed by atoms with Crippen LogP contribution in [-0.2, 0) is 0 Å². The summed E-state index contributed by atoms with van der Waals surface area (Å²) >= 11 is 0. The van der Waals surface area contributed by atoms with E-state index in [1.165, 1.54) is 19.3 Å². The summed E-state index contributed by atoms with van der Waals surface area (Å²) in [5.74, 6) is 8.71. The second-order valence-electron chi connectivity index (χ2n) is 5.19. The summed E-state index contributed by atoms with van der Waals surface area (Å²) in [5.41, 5.74) is 3.90. The number of hydrogen-bond acceptors (Lipinski definition) is 5. The first kappa shape index (κ1) is 14.9. The van der Waals surface area contributed by atoms with E-state index >= 15 is 0 Å². The number of methoxy groups -OCH3 is 3. The summed E-state index contributed by atoms with van der Waals surface area (Å²) in [4.78, 5) is 0. The van der Waals surface area contributed by atoms with Gasteiger partial charge in [-0.05, 0) is 24.8 Å². The number of ether oxygens (including phenoxy) is 3. The predicted octanol–water partition coefficient (Wildman–Crippen LogP) is 2.41. The lowest BCUT2D eigenvalue weighted by Crippen LogP contribution is -2.28. The molecule has 1 aliphatic rings. The van der Waals surface area contributed by atoms with E-state index in [0.29, 0.717) is 11.5 Å². The molecule has 5 heteroatoms. The molecule has 0 aromatic heterocycles. The summed E-state index contributed by atoms with van der Waals surface area (Å²) in [5, 5.41) is 0. The zero-order chi connectivity index (χ0) is 14.5. The van der Waals surface area contributed by atoms with Gasteiger partial charge in [0.05, 0.1) is 21.3 Å². The number of nitrogens with two attached hydrogens (primary N) is 1. The third-order valence-corrected chi connectivity index (χ3v) is 3.87. The lowest BCUT2D eigenvalue weighted by Gasteiger charge is -2.21. The minimum atomic E-state index is 0.0605. The minimum Gasteiger partial charge on any atom is -0.496 e. The van der Waals surface area contributed by atoms with Gasteiger partial charge in [-0.1, -0.05) is 12.8 Å². The fraction of sp³-hybridized carbons (Fsp3) is 0.600. The van der Waals surface area contributed by atoms with Crippen molar-refractivity contribution in [1.29, 1.82) is 0 Å². The van der Waals surface area contributed by atoms with Gasteiger partial charge in [-0.25, -0.2) is 0 Å². The smallest absolute Gasteiger partial charge is 0.164 e. The summed E-state index contributed by atoms with van der Waals surface area (Å²) < 4.78 is 16.1. The van der Waals surface area contributed by atoms with Crippen molar-refractivity contribution < 1.29 is 14.2 Å². The fourth-order valence-electron chi connectivity index (χ4n) is 2.46. The van der Waals surface area contributed by atoms with E-state index in [1.807, 2.05) is 12.1 Å². The molecular formula is C15H24N2O3. The Hall–Kier alpha value is -1.46. The molecule has 1 unspecified atom stereocenters. The van der Waals surface area contributed by atoms with E-state index in [2.05, 4.69) is 5.43 Å². The lowest BCUT2D eigenvalue weighted by atomic mass is 9.99. The molecule has 0 spiro atoms. The molecule has 1 aromatic rings. The van der Waals surface area contributed by atoms with Crippen LogP contribution in [0.2, 0.25) is 0 Å². The molecule has 112 valence electrons. The van der Waals surface area contributed by atoms with Crippen molar-refractivity contribution in [2.75, 3.05) is 21.3 Å². The molecule has 0 saturated heterocycles. The van der Waals surface area contributed by atoms with Gasteiger partial charge in [-0.2, -0.15) is 0 Å². The first-order valence-corrected chi connectivity index (χ1v) is 6.99. The van der Waals surface area contributed by atoms with Crippen LogP contribution in [0.4, 0.5) is 0 Å². The zero-order valence-electron chi connectivity index (χ0n) is 12.4. The SMILES string of the molecule is COc1cc(OC)c(C(CCC2CC2)NN)cc1OC. The zero-order valence-corrected chi connectivity index (χ0v) is 12.4. The summed E-state index contributed by atoms with van der Waals surface area (Å²) in [7, 11) is 4.89. The van der Waals surface area contributed by atoms with Gasteiger partial charge in [-0.3, -0.25) is 11.3 Å². The Balaban J connectivity index is 2.25. The molecule has 0 aliphatic heterocycles. The highest BCUT2D eigenvalue weighted by molar-refractivity contribution is 5.51. The number of hydrazine groups is 1. The quantitative estimate of drug-likeness (QED) is 0.565. The molecule has 2 rings (SSSR count). The molecule has 1 aromatic carbocycles. The van der Waals surface area contributed by atoms with Crippen LogP contribution < -0.4 is 25.5 Å². The van der Waals surface area contributed by atoms with Crippen molar-refractivity contribution in [1.82, 2.24) is 5.43 Å². The number of hydrogen-bond donors (Lipinski definition) is 2. The maximum atomic E-state index is 5.72. The van der Waals surface area contributed by atoms with Crippen LogP contribution in [0, 0.1) is 5.92 Å². The Kier molecular flexibility index (Phi) is 5.09. The van der Waals surface area contributed by atoms with E-state index in [0.717, 1.165) is 23.7 Å². The van der Waals surface area contributed by atoms with Crippen molar-refractivity contribution in [2.45, 2.75) is 31.7 Å². The maximum absolute atomic E-state index is 5.72. The molecule has 0 amide bonds. The van der Waals surface area contributed by atoms with Gasteiger partial charge in [0.2, 0.25) is 0 Å². The van der Waals surface area contributed by atoms with Crippen LogP contribution in [0.3, 0.4) is 0 Å². The third-order valence-electron chi connectivity index (χ3n) is 3.87. The van der Waals surface area contributed by atoms with Crippen molar-refractivity contribution in [2.24, 2.45) is 11.8 Å². The lowest BCUT2D eigenvalue weighted by molar-refractivity contribution is 0.343. The second kappa shape index (κ2) is 6.81. The molecule has 0 bridgehead atoms. The normalized spacial score (nSPS) is 15.8. The average molecular weight is 280 g/mol. The van der Waals surface area contributed by atoms with E-state index < -0.39 is 0 Å². The summed E-state index contributed by atoms with van der Waals surface area (Å²) in [6, 6.07) is 3.84. The maximum Gasteiger partial charge on any atom is 0.164 e. The van der Waals surface area contributed by atoms with E-state index in [4.69, 9.17) is 20.1 Å². The van der Waals surface area contributed by atoms with E-state index in [-0.39, 0.29) is 6.04 Å². The van der Waals surface area contributed by atoms with Gasteiger partial charge < -0.3 is 14.2 Å². The first-order chi connectivity index (χ1) is 9.73. The molecule has 1 saturated carbocycles. The predicted molar refractivity (Wildman–Crippen MR) is 78.1 cm³/mol. The summed E-state index contributed by atoms with van der Waals surface area (Å²) in [6.07, 6.45) is 4.88. The highest BCUT2D eigenvalue weighted by Crippen LogP contribution is 2.40. The largest absolute Gasteiger partial charge is 0.496 e. The summed E-state index contributed by atoms with van der Waals surface area (Å²) in [6.45, 7) is 0. The van der Waals surface area contributed by atoms with Gasteiger partial charge >= 0.3 is 0 Å². The minimum absolute atomic E-state index is 0.0605. The highest BCUT2D eigenvalue weighted by atomic mass is 16.5. The van der Waals surface area contributed by atoms with Crippen LogP contribution in [0.5, 0.6) is 17.2 Å². The van der Waals surface area contributed by atoms with Gasteiger partial charge in [0.1, 0.15) is 5.75 Å². The van der Waals surface area contributed by atoms with Gasteiger partial charge in [0.25, 0.3) is 0 Å². The Morgan fingerprint density at radius 3 is 2.20 bits per heavy atom. The highest BCUT2D eigenvalue weighted by Gasteiger charge is 2.25. The van der Waals surface area contributed by atoms with Crippen molar-refractivity contribution >= 4 is 0 Å². The monoisotopic (exact) mass is 280 g/mol. The molecular weight excluding hydrogens is 256 g/mol. The van der Waals surface area contributed by atoms with Gasteiger partial charge in [0.15, 0.2) is 11.5 Å². The number of benzene rings is 1. The van der Waals surface area contributed by atoms with Crippen LogP contribution >= 0.6 is 0 Å². The molecule has 3 N–H and O–H groups in total. The molecule has 1 atom stereocenters. The molecule has 0 heterocycles. The van der Waals surface area contributed by atoms with Gasteiger partial charge in [0, 0.05) is 17.7 Å².